The molecule has 0 spiro atoms. The lowest BCUT2D eigenvalue weighted by atomic mass is 10.1. The van der Waals surface area contributed by atoms with Gasteiger partial charge in [0.2, 0.25) is 5.88 Å². The summed E-state index contributed by atoms with van der Waals surface area (Å²) in [5, 5.41) is -0.0113. The molecule has 0 aliphatic heterocycles. The standard InChI is InChI=1S/C20H16ClN5O4S/c1-12-17(4-3-7-22-12)31(28,29)25-16-8-14(9-24-19(16)30-2)13-5-6-18-23-10-15(21)20(27)26(18)11-13/h3-11,25H,1-2H3. The first kappa shape index (κ1) is 20.8. The van der Waals surface area contributed by atoms with Crippen molar-refractivity contribution in [3.05, 3.63) is 76.2 Å². The lowest BCUT2D eigenvalue weighted by Crippen LogP contribution is -2.16. The van der Waals surface area contributed by atoms with Gasteiger partial charge in [-0.1, -0.05) is 11.6 Å². The Morgan fingerprint density at radius 2 is 1.90 bits per heavy atom. The van der Waals surface area contributed by atoms with Gasteiger partial charge in [-0.15, -0.1) is 0 Å². The predicted molar refractivity (Wildman–Crippen MR) is 116 cm³/mol. The van der Waals surface area contributed by atoms with E-state index in [4.69, 9.17) is 16.3 Å². The fourth-order valence-corrected chi connectivity index (χ4v) is 4.41. The van der Waals surface area contributed by atoms with Crippen LogP contribution in [0.5, 0.6) is 5.88 Å². The van der Waals surface area contributed by atoms with E-state index in [0.29, 0.717) is 22.5 Å². The summed E-state index contributed by atoms with van der Waals surface area (Å²) in [5.74, 6) is 0.0940. The molecule has 9 nitrogen and oxygen atoms in total. The van der Waals surface area contributed by atoms with E-state index >= 15 is 0 Å². The summed E-state index contributed by atoms with van der Waals surface area (Å²) in [7, 11) is -2.55. The number of hydrogen-bond acceptors (Lipinski definition) is 7. The summed E-state index contributed by atoms with van der Waals surface area (Å²) in [4.78, 5) is 24.7. The highest BCUT2D eigenvalue weighted by atomic mass is 35.5. The number of aryl methyl sites for hydroxylation is 1. The minimum absolute atomic E-state index is 0.0113. The van der Waals surface area contributed by atoms with Crippen LogP contribution in [-0.2, 0) is 10.0 Å². The van der Waals surface area contributed by atoms with Crippen LogP contribution in [0.1, 0.15) is 5.69 Å². The molecule has 0 saturated heterocycles. The molecule has 0 radical (unpaired) electrons. The van der Waals surface area contributed by atoms with Crippen molar-refractivity contribution in [2.45, 2.75) is 11.8 Å². The van der Waals surface area contributed by atoms with E-state index in [2.05, 4.69) is 19.7 Å². The normalized spacial score (nSPS) is 11.5. The summed E-state index contributed by atoms with van der Waals surface area (Å²) in [6.45, 7) is 1.60. The summed E-state index contributed by atoms with van der Waals surface area (Å²) in [5.41, 5.74) is 1.66. The van der Waals surface area contributed by atoms with Crippen molar-refractivity contribution < 1.29 is 13.2 Å². The molecular formula is C20H16ClN5O4S. The smallest absolute Gasteiger partial charge is 0.276 e. The van der Waals surface area contributed by atoms with Crippen LogP contribution in [0.4, 0.5) is 5.69 Å². The zero-order chi connectivity index (χ0) is 22.2. The van der Waals surface area contributed by atoms with Crippen LogP contribution in [-0.4, -0.2) is 34.9 Å². The maximum Gasteiger partial charge on any atom is 0.276 e. The van der Waals surface area contributed by atoms with Crippen molar-refractivity contribution >= 4 is 33.0 Å². The van der Waals surface area contributed by atoms with Crippen LogP contribution in [0.25, 0.3) is 16.8 Å². The lowest BCUT2D eigenvalue weighted by Gasteiger charge is -2.14. The average molecular weight is 458 g/mol. The van der Waals surface area contributed by atoms with Gasteiger partial charge in [-0.2, -0.15) is 0 Å². The molecule has 0 fully saturated rings. The lowest BCUT2D eigenvalue weighted by molar-refractivity contribution is 0.400. The quantitative estimate of drug-likeness (QED) is 0.489. The number of sulfonamides is 1. The van der Waals surface area contributed by atoms with Crippen molar-refractivity contribution in [2.24, 2.45) is 0 Å². The summed E-state index contributed by atoms with van der Waals surface area (Å²) >= 11 is 5.89. The number of pyridine rings is 3. The number of nitrogens with zero attached hydrogens (tertiary/aromatic N) is 4. The van der Waals surface area contributed by atoms with Crippen molar-refractivity contribution in [3.63, 3.8) is 0 Å². The summed E-state index contributed by atoms with van der Waals surface area (Å²) in [6, 6.07) is 7.96. The molecule has 0 amide bonds. The molecule has 4 aromatic rings. The van der Waals surface area contributed by atoms with Crippen LogP contribution in [0, 0.1) is 6.92 Å². The molecule has 0 unspecified atom stereocenters. The maximum atomic E-state index is 12.9. The SMILES string of the molecule is COc1ncc(-c2ccc3ncc(Cl)c(=O)n3c2)cc1NS(=O)(=O)c1cccnc1C. The third-order valence-corrected chi connectivity index (χ3v) is 6.29. The number of rotatable bonds is 5. The number of halogens is 1. The van der Waals surface area contributed by atoms with Crippen LogP contribution in [0.2, 0.25) is 5.02 Å². The highest BCUT2D eigenvalue weighted by molar-refractivity contribution is 7.92. The Labute approximate surface area is 182 Å². The van der Waals surface area contributed by atoms with E-state index in [1.165, 1.54) is 36.2 Å². The number of methoxy groups -OCH3 is 1. The van der Waals surface area contributed by atoms with Crippen molar-refractivity contribution in [1.82, 2.24) is 19.4 Å². The Hall–Kier alpha value is -3.50. The minimum Gasteiger partial charge on any atom is -0.480 e. The van der Waals surface area contributed by atoms with Gasteiger partial charge in [0.15, 0.2) is 0 Å². The van der Waals surface area contributed by atoms with Crippen LogP contribution in [0.15, 0.2) is 64.8 Å². The zero-order valence-electron chi connectivity index (χ0n) is 16.4. The van der Waals surface area contributed by atoms with Crippen LogP contribution in [0.3, 0.4) is 0 Å². The van der Waals surface area contributed by atoms with Gasteiger partial charge in [0.05, 0.1) is 19.0 Å². The first-order chi connectivity index (χ1) is 14.8. The molecule has 4 rings (SSSR count). The second-order valence-electron chi connectivity index (χ2n) is 6.53. The number of hydrogen-bond donors (Lipinski definition) is 1. The summed E-state index contributed by atoms with van der Waals surface area (Å²) in [6.07, 6.45) is 5.88. The van der Waals surface area contributed by atoms with Gasteiger partial charge in [0, 0.05) is 29.7 Å². The van der Waals surface area contributed by atoms with E-state index in [1.807, 2.05) is 0 Å². The zero-order valence-corrected chi connectivity index (χ0v) is 18.0. The van der Waals surface area contributed by atoms with Gasteiger partial charge < -0.3 is 4.74 Å². The molecule has 31 heavy (non-hydrogen) atoms. The highest BCUT2D eigenvalue weighted by Crippen LogP contribution is 2.30. The molecule has 0 saturated carbocycles. The fraction of sp³-hybridized carbons (Fsp3) is 0.100. The first-order valence-corrected chi connectivity index (χ1v) is 10.8. The second-order valence-corrected chi connectivity index (χ2v) is 8.59. The third kappa shape index (κ3) is 3.94. The molecule has 4 heterocycles. The number of nitrogens with one attached hydrogen (secondary N) is 1. The highest BCUT2D eigenvalue weighted by Gasteiger charge is 2.20. The van der Waals surface area contributed by atoms with E-state index < -0.39 is 15.6 Å². The van der Waals surface area contributed by atoms with Crippen molar-refractivity contribution in [3.8, 4) is 17.0 Å². The Morgan fingerprint density at radius 1 is 1.10 bits per heavy atom. The Bertz CT molecular complexity index is 1470. The molecule has 0 aliphatic carbocycles. The molecule has 11 heteroatoms. The molecule has 0 atom stereocenters. The molecule has 1 N–H and O–H groups in total. The fourth-order valence-electron chi connectivity index (χ4n) is 3.02. The number of ether oxygens (including phenoxy) is 1. The van der Waals surface area contributed by atoms with E-state index in [0.717, 1.165) is 0 Å². The minimum atomic E-state index is -3.94. The van der Waals surface area contributed by atoms with Gasteiger partial charge in [0.25, 0.3) is 15.6 Å². The van der Waals surface area contributed by atoms with Crippen LogP contribution < -0.4 is 15.0 Å². The molecule has 158 valence electrons. The monoisotopic (exact) mass is 457 g/mol. The van der Waals surface area contributed by atoms with Gasteiger partial charge in [-0.25, -0.2) is 18.4 Å². The topological polar surface area (TPSA) is 116 Å². The first-order valence-electron chi connectivity index (χ1n) is 8.96. The van der Waals surface area contributed by atoms with E-state index in [-0.39, 0.29) is 21.5 Å². The average Bonchev–Trinajstić information content (AvgIpc) is 2.76. The van der Waals surface area contributed by atoms with Gasteiger partial charge in [-0.3, -0.25) is 18.9 Å². The van der Waals surface area contributed by atoms with Crippen molar-refractivity contribution in [2.75, 3.05) is 11.8 Å². The number of fused-ring (bicyclic) bond motifs is 1. The Morgan fingerprint density at radius 3 is 2.65 bits per heavy atom. The Kier molecular flexibility index (Phi) is 5.34. The molecule has 0 bridgehead atoms. The number of aromatic nitrogens is 4. The van der Waals surface area contributed by atoms with Crippen molar-refractivity contribution in [1.29, 1.82) is 0 Å². The second kappa shape index (κ2) is 7.97. The maximum absolute atomic E-state index is 12.9. The summed E-state index contributed by atoms with van der Waals surface area (Å²) < 4.78 is 34.8. The molecule has 0 aromatic carbocycles. The van der Waals surface area contributed by atoms with Crippen LogP contribution >= 0.6 is 11.6 Å². The molecule has 4 aromatic heterocycles. The molecule has 0 aliphatic rings. The number of anilines is 1. The van der Waals surface area contributed by atoms with E-state index in [9.17, 15) is 13.2 Å². The Balaban J connectivity index is 1.80. The largest absolute Gasteiger partial charge is 0.480 e. The van der Waals surface area contributed by atoms with Gasteiger partial charge >= 0.3 is 0 Å². The predicted octanol–water partition coefficient (Wildman–Crippen LogP) is 2.92. The van der Waals surface area contributed by atoms with Gasteiger partial charge in [0.1, 0.15) is 21.3 Å². The third-order valence-electron chi connectivity index (χ3n) is 4.53. The molecular weight excluding hydrogens is 442 g/mol. The van der Waals surface area contributed by atoms with E-state index in [1.54, 1.807) is 37.4 Å². The van der Waals surface area contributed by atoms with Gasteiger partial charge in [-0.05, 0) is 37.3 Å².